The van der Waals surface area contributed by atoms with Gasteiger partial charge < -0.3 is 10.6 Å². The smallest absolute Gasteiger partial charge is 0.255 e. The first-order chi connectivity index (χ1) is 14.6. The molecule has 4 aromatic rings. The molecular formula is C24H19FN4O. The SMILES string of the molecule is Cc1ccccc1NC(=O)c1cccc(Nc2ccnc(-c3ccc(F)cc3)n2)c1. The lowest BCUT2D eigenvalue weighted by atomic mass is 10.1. The van der Waals surface area contributed by atoms with Crippen molar-refractivity contribution in [1.29, 1.82) is 0 Å². The van der Waals surface area contributed by atoms with Crippen LogP contribution in [0.3, 0.4) is 0 Å². The van der Waals surface area contributed by atoms with E-state index in [0.717, 1.165) is 16.9 Å². The molecule has 0 fully saturated rings. The van der Waals surface area contributed by atoms with Gasteiger partial charge in [-0.15, -0.1) is 0 Å². The van der Waals surface area contributed by atoms with Crippen LogP contribution in [0.1, 0.15) is 15.9 Å². The lowest BCUT2D eigenvalue weighted by molar-refractivity contribution is 0.102. The number of nitrogens with zero attached hydrogens (tertiary/aromatic N) is 2. The Morgan fingerprint density at radius 2 is 1.73 bits per heavy atom. The van der Waals surface area contributed by atoms with Gasteiger partial charge in [-0.25, -0.2) is 14.4 Å². The van der Waals surface area contributed by atoms with Crippen molar-refractivity contribution >= 4 is 23.1 Å². The maximum Gasteiger partial charge on any atom is 0.255 e. The first-order valence-corrected chi connectivity index (χ1v) is 9.41. The number of para-hydroxylation sites is 1. The summed E-state index contributed by atoms with van der Waals surface area (Å²) in [4.78, 5) is 21.4. The molecule has 5 nitrogen and oxygen atoms in total. The van der Waals surface area contributed by atoms with E-state index in [1.165, 1.54) is 12.1 Å². The zero-order valence-electron chi connectivity index (χ0n) is 16.3. The molecule has 4 rings (SSSR count). The van der Waals surface area contributed by atoms with Crippen molar-refractivity contribution in [3.8, 4) is 11.4 Å². The third-order valence-electron chi connectivity index (χ3n) is 4.55. The molecule has 6 heteroatoms. The number of nitrogens with one attached hydrogen (secondary N) is 2. The number of aryl methyl sites for hydroxylation is 1. The number of hydrogen-bond donors (Lipinski definition) is 2. The highest BCUT2D eigenvalue weighted by atomic mass is 19.1. The lowest BCUT2D eigenvalue weighted by Crippen LogP contribution is -2.12. The number of halogens is 1. The molecule has 0 bridgehead atoms. The van der Waals surface area contributed by atoms with Crippen molar-refractivity contribution in [1.82, 2.24) is 9.97 Å². The molecule has 3 aromatic carbocycles. The van der Waals surface area contributed by atoms with Gasteiger partial charge in [-0.05, 0) is 67.1 Å². The molecule has 1 heterocycles. The van der Waals surface area contributed by atoms with Crippen LogP contribution >= 0.6 is 0 Å². The summed E-state index contributed by atoms with van der Waals surface area (Å²) in [5.74, 6) is 0.547. The van der Waals surface area contributed by atoms with Crippen molar-refractivity contribution in [2.75, 3.05) is 10.6 Å². The second kappa shape index (κ2) is 8.53. The van der Waals surface area contributed by atoms with E-state index < -0.39 is 0 Å². The summed E-state index contributed by atoms with van der Waals surface area (Å²) in [5, 5.41) is 6.12. The van der Waals surface area contributed by atoms with Crippen LogP contribution in [0.2, 0.25) is 0 Å². The molecule has 0 aliphatic heterocycles. The molecule has 0 atom stereocenters. The molecule has 0 unspecified atom stereocenters. The number of hydrogen-bond acceptors (Lipinski definition) is 4. The minimum absolute atomic E-state index is 0.192. The zero-order valence-corrected chi connectivity index (χ0v) is 16.3. The second-order valence-electron chi connectivity index (χ2n) is 6.75. The van der Waals surface area contributed by atoms with Crippen molar-refractivity contribution in [2.24, 2.45) is 0 Å². The Bertz CT molecular complexity index is 1190. The Hall–Kier alpha value is -4.06. The predicted octanol–water partition coefficient (Wildman–Crippen LogP) is 5.59. The summed E-state index contributed by atoms with van der Waals surface area (Å²) >= 11 is 0. The largest absolute Gasteiger partial charge is 0.340 e. The Balaban J connectivity index is 1.52. The van der Waals surface area contributed by atoms with E-state index in [1.54, 1.807) is 42.6 Å². The molecule has 148 valence electrons. The second-order valence-corrected chi connectivity index (χ2v) is 6.75. The molecule has 0 aliphatic rings. The van der Waals surface area contributed by atoms with Crippen LogP contribution in [0.15, 0.2) is 85.1 Å². The highest BCUT2D eigenvalue weighted by Crippen LogP contribution is 2.21. The van der Waals surface area contributed by atoms with E-state index in [2.05, 4.69) is 20.6 Å². The van der Waals surface area contributed by atoms with E-state index >= 15 is 0 Å². The van der Waals surface area contributed by atoms with Crippen molar-refractivity contribution in [2.45, 2.75) is 6.92 Å². The van der Waals surface area contributed by atoms with Gasteiger partial charge in [0.25, 0.3) is 5.91 Å². The van der Waals surface area contributed by atoms with E-state index in [0.29, 0.717) is 22.8 Å². The number of aromatic nitrogens is 2. The van der Waals surface area contributed by atoms with Crippen LogP contribution in [-0.2, 0) is 0 Å². The Morgan fingerprint density at radius 3 is 2.53 bits per heavy atom. The molecule has 2 N–H and O–H groups in total. The third kappa shape index (κ3) is 4.50. The van der Waals surface area contributed by atoms with E-state index in [4.69, 9.17) is 0 Å². The normalized spacial score (nSPS) is 10.5. The zero-order chi connectivity index (χ0) is 20.9. The van der Waals surface area contributed by atoms with Crippen molar-refractivity contribution in [3.63, 3.8) is 0 Å². The quantitative estimate of drug-likeness (QED) is 0.460. The van der Waals surface area contributed by atoms with Gasteiger partial charge in [0.2, 0.25) is 0 Å². The van der Waals surface area contributed by atoms with Crippen LogP contribution < -0.4 is 10.6 Å². The third-order valence-corrected chi connectivity index (χ3v) is 4.55. The van der Waals surface area contributed by atoms with E-state index in [-0.39, 0.29) is 11.7 Å². The summed E-state index contributed by atoms with van der Waals surface area (Å²) in [6.07, 6.45) is 1.63. The van der Waals surface area contributed by atoms with Crippen LogP contribution in [0, 0.1) is 12.7 Å². The summed E-state index contributed by atoms with van der Waals surface area (Å²) < 4.78 is 13.1. The topological polar surface area (TPSA) is 66.9 Å². The summed E-state index contributed by atoms with van der Waals surface area (Å²) in [7, 11) is 0. The van der Waals surface area contributed by atoms with Crippen LogP contribution in [0.25, 0.3) is 11.4 Å². The predicted molar refractivity (Wildman–Crippen MR) is 116 cm³/mol. The number of rotatable bonds is 5. The van der Waals surface area contributed by atoms with Crippen LogP contribution in [0.5, 0.6) is 0 Å². The molecule has 0 saturated carbocycles. The van der Waals surface area contributed by atoms with Gasteiger partial charge in [0.15, 0.2) is 5.82 Å². The molecular weight excluding hydrogens is 379 g/mol. The molecule has 0 radical (unpaired) electrons. The first kappa shape index (κ1) is 19.3. The first-order valence-electron chi connectivity index (χ1n) is 9.41. The fourth-order valence-electron chi connectivity index (χ4n) is 2.96. The monoisotopic (exact) mass is 398 g/mol. The van der Waals surface area contributed by atoms with Gasteiger partial charge in [-0.3, -0.25) is 4.79 Å². The minimum atomic E-state index is -0.311. The molecule has 0 saturated heterocycles. The Kier molecular flexibility index (Phi) is 5.48. The number of amides is 1. The molecule has 1 amide bonds. The van der Waals surface area contributed by atoms with E-state index in [9.17, 15) is 9.18 Å². The molecule has 0 aliphatic carbocycles. The minimum Gasteiger partial charge on any atom is -0.340 e. The summed E-state index contributed by atoms with van der Waals surface area (Å²) in [6.45, 7) is 1.95. The lowest BCUT2D eigenvalue weighted by Gasteiger charge is -2.10. The average molecular weight is 398 g/mol. The number of carbonyl (C=O) groups excluding carboxylic acids is 1. The standard InChI is InChI=1S/C24H19FN4O/c1-16-5-2-3-8-21(16)28-24(30)18-6-4-7-20(15-18)27-22-13-14-26-23(29-22)17-9-11-19(25)12-10-17/h2-15H,1H3,(H,28,30)(H,26,27,29). The fourth-order valence-corrected chi connectivity index (χ4v) is 2.96. The number of benzene rings is 3. The highest BCUT2D eigenvalue weighted by molar-refractivity contribution is 6.05. The van der Waals surface area contributed by atoms with Gasteiger partial charge >= 0.3 is 0 Å². The van der Waals surface area contributed by atoms with Gasteiger partial charge in [-0.2, -0.15) is 0 Å². The Morgan fingerprint density at radius 1 is 0.933 bits per heavy atom. The average Bonchev–Trinajstić information content (AvgIpc) is 2.76. The van der Waals surface area contributed by atoms with Crippen LogP contribution in [0.4, 0.5) is 21.6 Å². The Labute approximate surface area is 173 Å². The van der Waals surface area contributed by atoms with Gasteiger partial charge in [0, 0.05) is 28.7 Å². The number of carbonyl (C=O) groups is 1. The molecule has 30 heavy (non-hydrogen) atoms. The summed E-state index contributed by atoms with van der Waals surface area (Å²) in [5.41, 5.74) is 3.73. The van der Waals surface area contributed by atoms with Gasteiger partial charge in [-0.1, -0.05) is 24.3 Å². The molecule has 1 aromatic heterocycles. The highest BCUT2D eigenvalue weighted by Gasteiger charge is 2.09. The maximum absolute atomic E-state index is 13.1. The van der Waals surface area contributed by atoms with Crippen LogP contribution in [-0.4, -0.2) is 15.9 Å². The van der Waals surface area contributed by atoms with Gasteiger partial charge in [0.05, 0.1) is 0 Å². The number of anilines is 3. The van der Waals surface area contributed by atoms with Crippen molar-refractivity contribution < 1.29 is 9.18 Å². The fraction of sp³-hybridized carbons (Fsp3) is 0.0417. The summed E-state index contributed by atoms with van der Waals surface area (Å²) in [6, 6.07) is 22.5. The van der Waals surface area contributed by atoms with Crippen molar-refractivity contribution in [3.05, 3.63) is 102 Å². The van der Waals surface area contributed by atoms with Gasteiger partial charge in [0.1, 0.15) is 11.6 Å². The molecule has 0 spiro atoms. The maximum atomic E-state index is 13.1. The van der Waals surface area contributed by atoms with E-state index in [1.807, 2.05) is 37.3 Å².